The fraction of sp³-hybridized carbons (Fsp3) is 1.00. The molecule has 0 spiro atoms. The van der Waals surface area contributed by atoms with Crippen LogP contribution in [0.3, 0.4) is 0 Å². The Kier molecular flexibility index (Phi) is 6.32. The van der Waals surface area contributed by atoms with E-state index in [1.54, 1.807) is 6.92 Å². The van der Waals surface area contributed by atoms with Crippen molar-refractivity contribution in [3.63, 3.8) is 0 Å². The van der Waals surface area contributed by atoms with E-state index in [1.807, 2.05) is 0 Å². The van der Waals surface area contributed by atoms with Crippen LogP contribution in [-0.4, -0.2) is 42.3 Å². The van der Waals surface area contributed by atoms with E-state index in [9.17, 15) is 13.2 Å². The van der Waals surface area contributed by atoms with E-state index in [0.717, 1.165) is 19.5 Å². The molecule has 120 valence electrons. The topological polar surface area (TPSA) is 15.3 Å². The van der Waals surface area contributed by atoms with Crippen molar-refractivity contribution < 1.29 is 13.2 Å². The first-order valence-corrected chi connectivity index (χ1v) is 7.71. The average molecular weight is 294 g/mol. The number of nitrogens with zero attached hydrogens (tertiary/aromatic N) is 1. The first kappa shape index (κ1) is 17.8. The molecule has 1 aliphatic heterocycles. The fourth-order valence-corrected chi connectivity index (χ4v) is 3.06. The Morgan fingerprint density at radius 1 is 1.20 bits per heavy atom. The lowest BCUT2D eigenvalue weighted by Gasteiger charge is -2.47. The quantitative estimate of drug-likeness (QED) is 0.832. The SMILES string of the molecule is CCC(C)C1CN(C(C)CC(F)(F)F)C(C(C)C)CN1. The van der Waals surface area contributed by atoms with Crippen molar-refractivity contribution in [1.29, 1.82) is 0 Å². The molecular weight excluding hydrogens is 265 g/mol. The van der Waals surface area contributed by atoms with E-state index in [0.29, 0.717) is 17.9 Å². The van der Waals surface area contributed by atoms with Gasteiger partial charge in [-0.3, -0.25) is 4.90 Å². The Labute approximate surface area is 121 Å². The predicted octanol–water partition coefficient (Wildman–Crippen LogP) is 3.67. The van der Waals surface area contributed by atoms with Crippen LogP contribution in [-0.2, 0) is 0 Å². The van der Waals surface area contributed by atoms with Gasteiger partial charge >= 0.3 is 6.18 Å². The van der Waals surface area contributed by atoms with Gasteiger partial charge in [-0.05, 0) is 18.8 Å². The molecule has 0 saturated carbocycles. The zero-order chi connectivity index (χ0) is 15.5. The molecule has 1 heterocycles. The van der Waals surface area contributed by atoms with E-state index in [4.69, 9.17) is 0 Å². The van der Waals surface area contributed by atoms with Gasteiger partial charge in [0.05, 0.1) is 6.42 Å². The molecule has 0 aromatic rings. The maximum absolute atomic E-state index is 12.7. The molecule has 0 radical (unpaired) electrons. The first-order valence-electron chi connectivity index (χ1n) is 7.71. The Morgan fingerprint density at radius 2 is 1.80 bits per heavy atom. The molecule has 0 aromatic carbocycles. The summed E-state index contributed by atoms with van der Waals surface area (Å²) in [6.45, 7) is 11.7. The molecule has 0 bridgehead atoms. The summed E-state index contributed by atoms with van der Waals surface area (Å²) in [5, 5.41) is 3.53. The Balaban J connectivity index is 2.78. The molecule has 4 atom stereocenters. The number of hydrogen-bond acceptors (Lipinski definition) is 2. The van der Waals surface area contributed by atoms with Crippen LogP contribution in [0.1, 0.15) is 47.5 Å². The van der Waals surface area contributed by atoms with Gasteiger partial charge in [-0.15, -0.1) is 0 Å². The third kappa shape index (κ3) is 4.92. The van der Waals surface area contributed by atoms with Crippen molar-refractivity contribution in [1.82, 2.24) is 10.2 Å². The van der Waals surface area contributed by atoms with Gasteiger partial charge in [0.2, 0.25) is 0 Å². The highest BCUT2D eigenvalue weighted by Gasteiger charge is 2.39. The third-order valence-corrected chi connectivity index (χ3v) is 4.62. The van der Waals surface area contributed by atoms with Crippen LogP contribution in [0.4, 0.5) is 13.2 Å². The van der Waals surface area contributed by atoms with Crippen molar-refractivity contribution >= 4 is 0 Å². The van der Waals surface area contributed by atoms with Gasteiger partial charge < -0.3 is 5.32 Å². The number of nitrogens with one attached hydrogen (secondary N) is 1. The van der Waals surface area contributed by atoms with Crippen LogP contribution in [0, 0.1) is 11.8 Å². The second-order valence-corrected chi connectivity index (χ2v) is 6.58. The summed E-state index contributed by atoms with van der Waals surface area (Å²) in [5.74, 6) is 0.847. The zero-order valence-corrected chi connectivity index (χ0v) is 13.3. The Hall–Kier alpha value is -0.290. The number of halogens is 3. The van der Waals surface area contributed by atoms with E-state index in [1.165, 1.54) is 0 Å². The summed E-state index contributed by atoms with van der Waals surface area (Å²) in [6, 6.07) is 0.0365. The van der Waals surface area contributed by atoms with Gasteiger partial charge in [-0.2, -0.15) is 13.2 Å². The Morgan fingerprint density at radius 3 is 2.25 bits per heavy atom. The lowest BCUT2D eigenvalue weighted by atomic mass is 9.90. The van der Waals surface area contributed by atoms with Gasteiger partial charge in [0.25, 0.3) is 0 Å². The number of rotatable bonds is 5. The maximum Gasteiger partial charge on any atom is 0.390 e. The van der Waals surface area contributed by atoms with Crippen LogP contribution >= 0.6 is 0 Å². The highest BCUT2D eigenvalue weighted by atomic mass is 19.4. The Bertz CT molecular complexity index is 291. The van der Waals surface area contributed by atoms with Gasteiger partial charge in [0.1, 0.15) is 0 Å². The summed E-state index contributed by atoms with van der Waals surface area (Å²) in [4.78, 5) is 2.07. The molecule has 2 nitrogen and oxygen atoms in total. The predicted molar refractivity (Wildman–Crippen MR) is 76.7 cm³/mol. The molecule has 0 aromatic heterocycles. The minimum atomic E-state index is -4.09. The zero-order valence-electron chi connectivity index (χ0n) is 13.3. The summed E-state index contributed by atoms with van der Waals surface area (Å²) in [6.07, 6.45) is -3.76. The van der Waals surface area contributed by atoms with Crippen molar-refractivity contribution in [2.24, 2.45) is 11.8 Å². The molecule has 1 saturated heterocycles. The van der Waals surface area contributed by atoms with Gasteiger partial charge in [0.15, 0.2) is 0 Å². The second-order valence-electron chi connectivity index (χ2n) is 6.58. The molecule has 1 N–H and O–H groups in total. The average Bonchev–Trinajstić information content (AvgIpc) is 2.34. The minimum Gasteiger partial charge on any atom is -0.311 e. The van der Waals surface area contributed by atoms with Gasteiger partial charge in [0, 0.05) is 31.2 Å². The summed E-state index contributed by atoms with van der Waals surface area (Å²) in [5.41, 5.74) is 0. The molecule has 1 aliphatic rings. The van der Waals surface area contributed by atoms with Crippen molar-refractivity contribution in [2.45, 2.75) is 71.8 Å². The fourth-order valence-electron chi connectivity index (χ4n) is 3.06. The number of piperazine rings is 1. The maximum atomic E-state index is 12.7. The highest BCUT2D eigenvalue weighted by molar-refractivity contribution is 4.92. The van der Waals surface area contributed by atoms with Crippen LogP contribution in [0.15, 0.2) is 0 Å². The molecule has 0 amide bonds. The van der Waals surface area contributed by atoms with Crippen LogP contribution < -0.4 is 5.32 Å². The summed E-state index contributed by atoms with van der Waals surface area (Å²) >= 11 is 0. The van der Waals surface area contributed by atoms with Crippen LogP contribution in [0.25, 0.3) is 0 Å². The standard InChI is InChI=1S/C15H29F3N2/c1-6-11(4)13-9-20(12(5)7-15(16,17)18)14(8-19-13)10(2)3/h10-14,19H,6-9H2,1-5H3. The van der Waals surface area contributed by atoms with Gasteiger partial charge in [-0.25, -0.2) is 0 Å². The largest absolute Gasteiger partial charge is 0.390 e. The van der Waals surface area contributed by atoms with E-state index >= 15 is 0 Å². The molecule has 4 unspecified atom stereocenters. The molecule has 1 fully saturated rings. The van der Waals surface area contributed by atoms with E-state index in [-0.39, 0.29) is 6.04 Å². The highest BCUT2D eigenvalue weighted by Crippen LogP contribution is 2.28. The monoisotopic (exact) mass is 294 g/mol. The normalized spacial score (nSPS) is 28.6. The molecule has 5 heteroatoms. The molecule has 0 aliphatic carbocycles. The van der Waals surface area contributed by atoms with E-state index in [2.05, 4.69) is 37.9 Å². The number of hydrogen-bond donors (Lipinski definition) is 1. The lowest BCUT2D eigenvalue weighted by Crippen LogP contribution is -2.62. The van der Waals surface area contributed by atoms with Crippen molar-refractivity contribution in [3.8, 4) is 0 Å². The van der Waals surface area contributed by atoms with E-state index < -0.39 is 18.6 Å². The lowest BCUT2D eigenvalue weighted by molar-refractivity contribution is -0.150. The minimum absolute atomic E-state index is 0.188. The van der Waals surface area contributed by atoms with Crippen molar-refractivity contribution in [3.05, 3.63) is 0 Å². The van der Waals surface area contributed by atoms with Crippen molar-refractivity contribution in [2.75, 3.05) is 13.1 Å². The molecule has 1 rings (SSSR count). The summed E-state index contributed by atoms with van der Waals surface area (Å²) in [7, 11) is 0. The van der Waals surface area contributed by atoms with Gasteiger partial charge in [-0.1, -0.05) is 34.1 Å². The second kappa shape index (κ2) is 7.12. The smallest absolute Gasteiger partial charge is 0.311 e. The first-order chi connectivity index (χ1) is 9.15. The molecule has 20 heavy (non-hydrogen) atoms. The number of alkyl halides is 3. The summed E-state index contributed by atoms with van der Waals surface area (Å²) < 4.78 is 38.0. The third-order valence-electron chi connectivity index (χ3n) is 4.62. The molecular formula is C15H29F3N2. The van der Waals surface area contributed by atoms with Crippen LogP contribution in [0.5, 0.6) is 0 Å². The van der Waals surface area contributed by atoms with Crippen LogP contribution in [0.2, 0.25) is 0 Å².